The molecule has 1 heterocycles. The molecule has 0 spiro atoms. The predicted molar refractivity (Wildman–Crippen MR) is 71.9 cm³/mol. The molecule has 1 aromatic carbocycles. The summed E-state index contributed by atoms with van der Waals surface area (Å²) in [7, 11) is 1.74. The lowest BCUT2D eigenvalue weighted by molar-refractivity contribution is 0.414. The summed E-state index contributed by atoms with van der Waals surface area (Å²) in [6.45, 7) is 5.52. The molecule has 0 bridgehead atoms. The molecule has 0 aliphatic carbocycles. The smallest absolute Gasteiger partial charge is 0.142 e. The van der Waals surface area contributed by atoms with Crippen LogP contribution < -0.4 is 15.0 Å². The fourth-order valence-corrected chi connectivity index (χ4v) is 2.39. The minimum Gasteiger partial charge on any atom is -0.495 e. The van der Waals surface area contributed by atoms with E-state index in [4.69, 9.17) is 4.74 Å². The number of benzene rings is 1. The second-order valence-corrected chi connectivity index (χ2v) is 4.56. The van der Waals surface area contributed by atoms with Gasteiger partial charge in [0.15, 0.2) is 0 Å². The van der Waals surface area contributed by atoms with Gasteiger partial charge in [0.2, 0.25) is 0 Å². The van der Waals surface area contributed by atoms with Crippen molar-refractivity contribution in [3.05, 3.63) is 24.3 Å². The minimum atomic E-state index is 0.625. The Labute approximate surface area is 104 Å². The molecule has 1 aliphatic heterocycles. The monoisotopic (exact) mass is 234 g/mol. The van der Waals surface area contributed by atoms with Crippen LogP contribution in [0.15, 0.2) is 24.3 Å². The molecule has 0 saturated carbocycles. The number of hydrogen-bond donors (Lipinski definition) is 1. The van der Waals surface area contributed by atoms with Crippen LogP contribution in [0.1, 0.15) is 19.8 Å². The van der Waals surface area contributed by atoms with E-state index >= 15 is 0 Å². The van der Waals surface area contributed by atoms with Crippen molar-refractivity contribution in [1.82, 2.24) is 5.32 Å². The fourth-order valence-electron chi connectivity index (χ4n) is 2.39. The average Bonchev–Trinajstić information content (AvgIpc) is 2.85. The number of hydrogen-bond acceptors (Lipinski definition) is 3. The molecule has 3 heteroatoms. The average molecular weight is 234 g/mol. The molecule has 1 N–H and O–H groups in total. The van der Waals surface area contributed by atoms with Gasteiger partial charge >= 0.3 is 0 Å². The first-order valence-corrected chi connectivity index (χ1v) is 6.46. The van der Waals surface area contributed by atoms with Gasteiger partial charge in [0.25, 0.3) is 0 Å². The van der Waals surface area contributed by atoms with E-state index in [1.165, 1.54) is 18.5 Å². The maximum atomic E-state index is 5.41. The molecule has 1 aromatic rings. The zero-order valence-corrected chi connectivity index (χ0v) is 10.8. The minimum absolute atomic E-state index is 0.625. The maximum Gasteiger partial charge on any atom is 0.142 e. The van der Waals surface area contributed by atoms with E-state index in [0.717, 1.165) is 25.4 Å². The van der Waals surface area contributed by atoms with Gasteiger partial charge in [-0.05, 0) is 31.5 Å². The number of para-hydroxylation sites is 2. The Morgan fingerprint density at radius 1 is 1.41 bits per heavy atom. The topological polar surface area (TPSA) is 24.5 Å². The number of methoxy groups -OCH3 is 1. The highest BCUT2D eigenvalue weighted by atomic mass is 16.5. The van der Waals surface area contributed by atoms with Crippen LogP contribution in [0.4, 0.5) is 5.69 Å². The van der Waals surface area contributed by atoms with Crippen molar-refractivity contribution in [3.63, 3.8) is 0 Å². The van der Waals surface area contributed by atoms with Gasteiger partial charge in [-0.3, -0.25) is 0 Å². The number of ether oxygens (including phenoxy) is 1. The van der Waals surface area contributed by atoms with E-state index in [1.54, 1.807) is 7.11 Å². The van der Waals surface area contributed by atoms with Crippen LogP contribution in [-0.2, 0) is 0 Å². The van der Waals surface area contributed by atoms with Crippen LogP contribution >= 0.6 is 0 Å². The number of nitrogens with one attached hydrogen (secondary N) is 1. The SMILES string of the molecule is CCCNC1CCN(c2ccccc2OC)C1. The quantitative estimate of drug-likeness (QED) is 0.846. The molecule has 94 valence electrons. The molecule has 1 unspecified atom stereocenters. The van der Waals surface area contributed by atoms with Crippen molar-refractivity contribution in [2.75, 3.05) is 31.6 Å². The highest BCUT2D eigenvalue weighted by Crippen LogP contribution is 2.30. The lowest BCUT2D eigenvalue weighted by atomic mass is 10.2. The van der Waals surface area contributed by atoms with Crippen molar-refractivity contribution in [1.29, 1.82) is 0 Å². The van der Waals surface area contributed by atoms with Crippen molar-refractivity contribution < 1.29 is 4.74 Å². The maximum absolute atomic E-state index is 5.41. The largest absolute Gasteiger partial charge is 0.495 e. The molecular weight excluding hydrogens is 212 g/mol. The molecular formula is C14H22N2O. The summed E-state index contributed by atoms with van der Waals surface area (Å²) >= 11 is 0. The Kier molecular flexibility index (Phi) is 4.26. The van der Waals surface area contributed by atoms with E-state index in [1.807, 2.05) is 12.1 Å². The van der Waals surface area contributed by atoms with Crippen LogP contribution in [0.5, 0.6) is 5.75 Å². The molecule has 0 amide bonds. The van der Waals surface area contributed by atoms with Crippen LogP contribution in [0.25, 0.3) is 0 Å². The number of rotatable bonds is 5. The van der Waals surface area contributed by atoms with Crippen molar-refractivity contribution in [2.24, 2.45) is 0 Å². The third-order valence-electron chi connectivity index (χ3n) is 3.30. The number of nitrogens with zero attached hydrogens (tertiary/aromatic N) is 1. The molecule has 0 radical (unpaired) electrons. The summed E-state index contributed by atoms with van der Waals surface area (Å²) in [6, 6.07) is 8.89. The van der Waals surface area contributed by atoms with Gasteiger partial charge in [0.05, 0.1) is 12.8 Å². The summed E-state index contributed by atoms with van der Waals surface area (Å²) in [5.41, 5.74) is 1.22. The van der Waals surface area contributed by atoms with Crippen LogP contribution in [-0.4, -0.2) is 32.8 Å². The van der Waals surface area contributed by atoms with Gasteiger partial charge in [-0.1, -0.05) is 19.1 Å². The molecule has 1 saturated heterocycles. The summed E-state index contributed by atoms with van der Waals surface area (Å²) in [5.74, 6) is 0.976. The molecule has 1 aliphatic rings. The van der Waals surface area contributed by atoms with Gasteiger partial charge in [-0.15, -0.1) is 0 Å². The van der Waals surface area contributed by atoms with E-state index in [0.29, 0.717) is 6.04 Å². The Hall–Kier alpha value is -1.22. The summed E-state index contributed by atoms with van der Waals surface area (Å²) in [5, 5.41) is 3.59. The molecule has 2 rings (SSSR count). The van der Waals surface area contributed by atoms with Gasteiger partial charge in [-0.25, -0.2) is 0 Å². The van der Waals surface area contributed by atoms with Gasteiger partial charge < -0.3 is 15.0 Å². The second kappa shape index (κ2) is 5.92. The second-order valence-electron chi connectivity index (χ2n) is 4.56. The fraction of sp³-hybridized carbons (Fsp3) is 0.571. The first-order chi connectivity index (χ1) is 8.35. The first kappa shape index (κ1) is 12.2. The predicted octanol–water partition coefficient (Wildman–Crippen LogP) is 2.27. The van der Waals surface area contributed by atoms with Crippen LogP contribution in [0.3, 0.4) is 0 Å². The summed E-state index contributed by atoms with van der Waals surface area (Å²) in [4.78, 5) is 2.41. The van der Waals surface area contributed by atoms with Crippen molar-refractivity contribution in [3.8, 4) is 5.75 Å². The van der Waals surface area contributed by atoms with Gasteiger partial charge in [0, 0.05) is 19.1 Å². The van der Waals surface area contributed by atoms with Crippen LogP contribution in [0.2, 0.25) is 0 Å². The van der Waals surface area contributed by atoms with Gasteiger partial charge in [0.1, 0.15) is 5.75 Å². The van der Waals surface area contributed by atoms with Crippen molar-refractivity contribution >= 4 is 5.69 Å². The lowest BCUT2D eigenvalue weighted by Crippen LogP contribution is -2.33. The Bertz CT molecular complexity index is 354. The number of anilines is 1. The molecule has 3 nitrogen and oxygen atoms in total. The Balaban J connectivity index is 1.99. The third kappa shape index (κ3) is 2.91. The Morgan fingerprint density at radius 2 is 2.24 bits per heavy atom. The van der Waals surface area contributed by atoms with E-state index in [2.05, 4.69) is 29.3 Å². The van der Waals surface area contributed by atoms with E-state index in [-0.39, 0.29) is 0 Å². The first-order valence-electron chi connectivity index (χ1n) is 6.46. The molecule has 1 fully saturated rings. The lowest BCUT2D eigenvalue weighted by Gasteiger charge is -2.21. The normalized spacial score (nSPS) is 19.6. The van der Waals surface area contributed by atoms with Gasteiger partial charge in [-0.2, -0.15) is 0 Å². The highest BCUT2D eigenvalue weighted by molar-refractivity contribution is 5.59. The highest BCUT2D eigenvalue weighted by Gasteiger charge is 2.23. The Morgan fingerprint density at radius 3 is 3.00 bits per heavy atom. The third-order valence-corrected chi connectivity index (χ3v) is 3.30. The molecule has 0 aromatic heterocycles. The molecule has 1 atom stereocenters. The van der Waals surface area contributed by atoms with Crippen LogP contribution in [0, 0.1) is 0 Å². The summed E-state index contributed by atoms with van der Waals surface area (Å²) in [6.07, 6.45) is 2.42. The zero-order chi connectivity index (χ0) is 12.1. The van der Waals surface area contributed by atoms with E-state index in [9.17, 15) is 0 Å². The van der Waals surface area contributed by atoms with E-state index < -0.39 is 0 Å². The standard InChI is InChI=1S/C14H22N2O/c1-3-9-15-12-8-10-16(11-12)13-6-4-5-7-14(13)17-2/h4-7,12,15H,3,8-11H2,1-2H3. The van der Waals surface area contributed by atoms with Crippen molar-refractivity contribution in [2.45, 2.75) is 25.8 Å². The molecule has 17 heavy (non-hydrogen) atoms. The summed E-state index contributed by atoms with van der Waals surface area (Å²) < 4.78 is 5.41. The zero-order valence-electron chi connectivity index (χ0n) is 10.8.